The number of nitrogens with zero attached hydrogens (tertiary/aromatic N) is 3. The number of hydrogen-bond donors (Lipinski definition) is 2. The van der Waals surface area contributed by atoms with Crippen LogP contribution in [0.3, 0.4) is 0 Å². The molecule has 0 spiro atoms. The first-order valence-corrected chi connectivity index (χ1v) is 8.28. The predicted octanol–water partition coefficient (Wildman–Crippen LogP) is 0.0252. The van der Waals surface area contributed by atoms with Crippen LogP contribution in [0.2, 0.25) is 0 Å². The number of H-pyrrole nitrogens is 1. The molecule has 1 amide bonds. The van der Waals surface area contributed by atoms with Crippen molar-refractivity contribution in [1.29, 1.82) is 0 Å². The minimum atomic E-state index is -0.235. The third-order valence-electron chi connectivity index (χ3n) is 4.30. The minimum absolute atomic E-state index is 0.0127. The number of amides is 1. The van der Waals surface area contributed by atoms with Gasteiger partial charge in [-0.2, -0.15) is 0 Å². The van der Waals surface area contributed by atoms with Gasteiger partial charge in [0, 0.05) is 43.3 Å². The Balaban J connectivity index is 1.64. The molecule has 0 aliphatic carbocycles. The number of hydrogen-bond acceptors (Lipinski definition) is 5. The summed E-state index contributed by atoms with van der Waals surface area (Å²) in [6, 6.07) is 3.39. The number of pyridine rings is 1. The van der Waals surface area contributed by atoms with Crippen molar-refractivity contribution < 1.29 is 4.79 Å². The van der Waals surface area contributed by atoms with Gasteiger partial charge in [-0.25, -0.2) is 4.98 Å². The van der Waals surface area contributed by atoms with Gasteiger partial charge in [-0.3, -0.25) is 14.4 Å². The summed E-state index contributed by atoms with van der Waals surface area (Å²) in [7, 11) is 0. The molecule has 1 unspecified atom stereocenters. The number of aryl methyl sites for hydroxylation is 1. The highest BCUT2D eigenvalue weighted by molar-refractivity contribution is 5.76. The number of carbonyl (C=O) groups is 1. The Morgan fingerprint density at radius 1 is 1.44 bits per heavy atom. The number of nitrogens with one attached hydrogen (secondary N) is 2. The van der Waals surface area contributed by atoms with Crippen LogP contribution in [0, 0.1) is 6.92 Å². The zero-order valence-corrected chi connectivity index (χ0v) is 14.1. The zero-order chi connectivity index (χ0) is 17.8. The molecule has 0 aromatic carbocycles. The van der Waals surface area contributed by atoms with Crippen molar-refractivity contribution in [3.63, 3.8) is 0 Å². The Hall–Kier alpha value is -2.90. The van der Waals surface area contributed by atoms with Gasteiger partial charge in [-0.15, -0.1) is 0 Å². The number of aromatic nitrogens is 3. The second-order valence-corrected chi connectivity index (χ2v) is 6.22. The van der Waals surface area contributed by atoms with E-state index in [1.165, 1.54) is 10.8 Å². The monoisotopic (exact) mass is 343 g/mol. The Bertz CT molecular complexity index is 873. The second-order valence-electron chi connectivity index (χ2n) is 6.22. The van der Waals surface area contributed by atoms with Gasteiger partial charge in [0.1, 0.15) is 6.54 Å². The number of rotatable bonds is 4. The molecule has 1 atom stereocenters. The summed E-state index contributed by atoms with van der Waals surface area (Å²) in [4.78, 5) is 44.8. The Kier molecular flexibility index (Phi) is 4.97. The van der Waals surface area contributed by atoms with Crippen LogP contribution < -0.4 is 21.3 Å². The minimum Gasteiger partial charge on any atom is -0.350 e. The summed E-state index contributed by atoms with van der Waals surface area (Å²) in [5, 5.41) is 2.95. The van der Waals surface area contributed by atoms with Crippen LogP contribution in [0.5, 0.6) is 0 Å². The van der Waals surface area contributed by atoms with Crippen LogP contribution in [0.15, 0.2) is 40.3 Å². The van der Waals surface area contributed by atoms with Crippen LogP contribution in [0.1, 0.15) is 18.4 Å². The fraction of sp³-hybridized carbons (Fsp3) is 0.412. The highest BCUT2D eigenvalue weighted by Crippen LogP contribution is 2.14. The molecule has 3 heterocycles. The van der Waals surface area contributed by atoms with E-state index in [-0.39, 0.29) is 29.6 Å². The highest BCUT2D eigenvalue weighted by atomic mass is 16.2. The molecule has 2 aromatic rings. The summed E-state index contributed by atoms with van der Waals surface area (Å²) in [6.07, 6.45) is 6.33. The number of piperidine rings is 1. The first-order chi connectivity index (χ1) is 12.0. The Morgan fingerprint density at radius 3 is 3.08 bits per heavy atom. The van der Waals surface area contributed by atoms with E-state index in [1.54, 1.807) is 31.5 Å². The molecule has 132 valence electrons. The van der Waals surface area contributed by atoms with Crippen molar-refractivity contribution >= 4 is 11.7 Å². The van der Waals surface area contributed by atoms with Crippen molar-refractivity contribution in [2.75, 3.05) is 18.0 Å². The largest absolute Gasteiger partial charge is 0.350 e. The van der Waals surface area contributed by atoms with Crippen molar-refractivity contribution in [3.05, 3.63) is 57.0 Å². The van der Waals surface area contributed by atoms with Crippen LogP contribution in [-0.4, -0.2) is 39.6 Å². The van der Waals surface area contributed by atoms with Gasteiger partial charge >= 0.3 is 0 Å². The average molecular weight is 343 g/mol. The van der Waals surface area contributed by atoms with Crippen LogP contribution in [0.25, 0.3) is 0 Å². The van der Waals surface area contributed by atoms with E-state index in [9.17, 15) is 14.4 Å². The standard InChI is InChI=1S/C17H21N5O3/c1-12-4-2-9-22(17(12)25)11-14(23)20-13-5-3-8-21(10-13)15-16(24)19-7-6-18-15/h2,4,6-7,9,13H,3,5,8,10-11H2,1H3,(H,19,24)(H,20,23). The molecule has 25 heavy (non-hydrogen) atoms. The van der Waals surface area contributed by atoms with E-state index >= 15 is 0 Å². The number of anilines is 1. The van der Waals surface area contributed by atoms with Crippen molar-refractivity contribution in [2.45, 2.75) is 32.4 Å². The maximum Gasteiger partial charge on any atom is 0.290 e. The third kappa shape index (κ3) is 3.96. The molecule has 0 bridgehead atoms. The van der Waals surface area contributed by atoms with E-state index in [0.717, 1.165) is 19.4 Å². The predicted molar refractivity (Wildman–Crippen MR) is 93.7 cm³/mol. The molecule has 1 aliphatic rings. The Morgan fingerprint density at radius 2 is 2.28 bits per heavy atom. The lowest BCUT2D eigenvalue weighted by Gasteiger charge is -2.33. The summed E-state index contributed by atoms with van der Waals surface area (Å²) in [5.41, 5.74) is 0.206. The maximum absolute atomic E-state index is 12.3. The average Bonchev–Trinajstić information content (AvgIpc) is 2.59. The highest BCUT2D eigenvalue weighted by Gasteiger charge is 2.23. The molecule has 2 N–H and O–H groups in total. The summed E-state index contributed by atoms with van der Waals surface area (Å²) < 4.78 is 1.40. The lowest BCUT2D eigenvalue weighted by Crippen LogP contribution is -2.50. The first kappa shape index (κ1) is 16.9. The Labute approximate surface area is 144 Å². The van der Waals surface area contributed by atoms with Gasteiger partial charge in [0.15, 0.2) is 5.82 Å². The van der Waals surface area contributed by atoms with E-state index in [0.29, 0.717) is 17.9 Å². The SMILES string of the molecule is Cc1cccn(CC(=O)NC2CCCN(c3ncc[nH]c3=O)C2)c1=O. The van der Waals surface area contributed by atoms with Crippen molar-refractivity contribution in [2.24, 2.45) is 0 Å². The summed E-state index contributed by atoms with van der Waals surface area (Å²) in [5.74, 6) is 0.158. The van der Waals surface area contributed by atoms with Gasteiger partial charge in [0.05, 0.1) is 0 Å². The molecule has 1 saturated heterocycles. The van der Waals surface area contributed by atoms with E-state index < -0.39 is 0 Å². The molecular weight excluding hydrogens is 322 g/mol. The van der Waals surface area contributed by atoms with E-state index in [4.69, 9.17) is 0 Å². The van der Waals surface area contributed by atoms with Crippen molar-refractivity contribution in [3.8, 4) is 0 Å². The van der Waals surface area contributed by atoms with Gasteiger partial charge in [-0.05, 0) is 25.8 Å². The molecule has 0 saturated carbocycles. The molecule has 1 aliphatic heterocycles. The summed E-state index contributed by atoms with van der Waals surface area (Å²) in [6.45, 7) is 2.96. The van der Waals surface area contributed by atoms with E-state index in [2.05, 4.69) is 15.3 Å². The van der Waals surface area contributed by atoms with Gasteiger partial charge in [0.25, 0.3) is 11.1 Å². The van der Waals surface area contributed by atoms with Crippen LogP contribution in [-0.2, 0) is 11.3 Å². The molecule has 0 radical (unpaired) electrons. The van der Waals surface area contributed by atoms with E-state index in [1.807, 2.05) is 4.90 Å². The van der Waals surface area contributed by atoms with Gasteiger partial charge in [-0.1, -0.05) is 6.07 Å². The zero-order valence-electron chi connectivity index (χ0n) is 14.1. The topological polar surface area (TPSA) is 100 Å². The maximum atomic E-state index is 12.3. The number of aromatic amines is 1. The molecule has 2 aromatic heterocycles. The molecule has 8 nitrogen and oxygen atoms in total. The molecular formula is C17H21N5O3. The normalized spacial score (nSPS) is 17.3. The quantitative estimate of drug-likeness (QED) is 0.815. The molecule has 1 fully saturated rings. The van der Waals surface area contributed by atoms with Gasteiger partial charge < -0.3 is 19.8 Å². The fourth-order valence-electron chi connectivity index (χ4n) is 3.07. The van der Waals surface area contributed by atoms with Gasteiger partial charge in [0.2, 0.25) is 5.91 Å². The second kappa shape index (κ2) is 7.33. The molecule has 8 heteroatoms. The van der Waals surface area contributed by atoms with Crippen molar-refractivity contribution in [1.82, 2.24) is 19.9 Å². The van der Waals surface area contributed by atoms with Crippen LogP contribution >= 0.6 is 0 Å². The number of carbonyl (C=O) groups excluding carboxylic acids is 1. The lowest BCUT2D eigenvalue weighted by molar-refractivity contribution is -0.122. The smallest absolute Gasteiger partial charge is 0.290 e. The third-order valence-corrected chi connectivity index (χ3v) is 4.30. The molecule has 3 rings (SSSR count). The fourth-order valence-corrected chi connectivity index (χ4v) is 3.07. The van der Waals surface area contributed by atoms with Crippen LogP contribution in [0.4, 0.5) is 5.82 Å². The lowest BCUT2D eigenvalue weighted by atomic mass is 10.1. The first-order valence-electron chi connectivity index (χ1n) is 8.28. The summed E-state index contributed by atoms with van der Waals surface area (Å²) >= 11 is 0.